The molecule has 1 amide bonds. The molecule has 0 aliphatic rings. The molecule has 1 aromatic rings. The molecule has 112 valence electrons. The van der Waals surface area contributed by atoms with Gasteiger partial charge in [0, 0.05) is 13.0 Å². The van der Waals surface area contributed by atoms with Crippen LogP contribution in [0.3, 0.4) is 0 Å². The number of para-hydroxylation sites is 1. The average molecular weight is 304 g/mol. The third kappa shape index (κ3) is 7.05. The molecule has 0 fully saturated rings. The highest BCUT2D eigenvalue weighted by Crippen LogP contribution is 2.14. The number of halogens is 1. The molecule has 0 aliphatic carbocycles. The Hall–Kier alpha value is -1.67. The predicted octanol–water partition coefficient (Wildman–Crippen LogP) is 0.260. The fourth-order valence-corrected chi connectivity index (χ4v) is 1.82. The van der Waals surface area contributed by atoms with Crippen LogP contribution in [0.15, 0.2) is 24.3 Å². The zero-order valence-corrected chi connectivity index (χ0v) is 11.9. The molecule has 0 aromatic heterocycles. The van der Waals surface area contributed by atoms with E-state index in [0.29, 0.717) is 0 Å². The third-order valence-electron chi connectivity index (χ3n) is 2.23. The van der Waals surface area contributed by atoms with Gasteiger partial charge < -0.3 is 10.1 Å². The van der Waals surface area contributed by atoms with Gasteiger partial charge in [-0.15, -0.1) is 0 Å². The van der Waals surface area contributed by atoms with E-state index in [9.17, 15) is 17.6 Å². The first-order valence-electron chi connectivity index (χ1n) is 5.97. The van der Waals surface area contributed by atoms with E-state index in [4.69, 9.17) is 4.74 Å². The summed E-state index contributed by atoms with van der Waals surface area (Å²) in [5.41, 5.74) is 0. The molecule has 8 heteroatoms. The summed E-state index contributed by atoms with van der Waals surface area (Å²) in [6.45, 7) is 0.386. The van der Waals surface area contributed by atoms with Crippen LogP contribution < -0.4 is 14.8 Å². The first kappa shape index (κ1) is 16.4. The Kier molecular flexibility index (Phi) is 6.40. The number of carbonyl (C=O) groups is 1. The van der Waals surface area contributed by atoms with Gasteiger partial charge in [-0.1, -0.05) is 12.1 Å². The lowest BCUT2D eigenvalue weighted by atomic mass is 10.3. The zero-order valence-electron chi connectivity index (χ0n) is 11.1. The number of benzene rings is 1. The largest absolute Gasteiger partial charge is 0.489 e. The van der Waals surface area contributed by atoms with Crippen LogP contribution in [0.2, 0.25) is 0 Å². The first-order chi connectivity index (χ1) is 9.38. The maximum atomic E-state index is 13.2. The van der Waals surface area contributed by atoms with Crippen LogP contribution >= 0.6 is 0 Å². The van der Waals surface area contributed by atoms with E-state index in [-0.39, 0.29) is 37.8 Å². The van der Waals surface area contributed by atoms with Gasteiger partial charge in [0.15, 0.2) is 11.6 Å². The lowest BCUT2D eigenvalue weighted by molar-refractivity contribution is -0.121. The number of nitrogens with one attached hydrogen (secondary N) is 2. The smallest absolute Gasteiger partial charge is 0.221 e. The molecule has 0 spiro atoms. The summed E-state index contributed by atoms with van der Waals surface area (Å²) in [5, 5.41) is 2.54. The summed E-state index contributed by atoms with van der Waals surface area (Å²) >= 11 is 0. The third-order valence-corrected chi connectivity index (χ3v) is 2.96. The molecule has 0 aliphatic heterocycles. The van der Waals surface area contributed by atoms with Gasteiger partial charge in [0.25, 0.3) is 0 Å². The Morgan fingerprint density at radius 3 is 2.65 bits per heavy atom. The molecule has 1 aromatic carbocycles. The van der Waals surface area contributed by atoms with Crippen molar-refractivity contribution < 1.29 is 22.3 Å². The average Bonchev–Trinajstić information content (AvgIpc) is 2.35. The SMILES string of the molecule is CS(=O)(=O)NCCC(=O)NCCOc1ccccc1F. The van der Waals surface area contributed by atoms with Gasteiger partial charge in [0.05, 0.1) is 12.8 Å². The summed E-state index contributed by atoms with van der Waals surface area (Å²) in [5.74, 6) is -0.644. The van der Waals surface area contributed by atoms with Crippen LogP contribution in [-0.2, 0) is 14.8 Å². The van der Waals surface area contributed by atoms with Crippen molar-refractivity contribution in [2.45, 2.75) is 6.42 Å². The highest BCUT2D eigenvalue weighted by molar-refractivity contribution is 7.88. The fraction of sp³-hybridized carbons (Fsp3) is 0.417. The summed E-state index contributed by atoms with van der Waals surface area (Å²) in [6.07, 6.45) is 1.06. The minimum absolute atomic E-state index is 0.0345. The van der Waals surface area contributed by atoms with Gasteiger partial charge in [-0.25, -0.2) is 17.5 Å². The van der Waals surface area contributed by atoms with Crippen molar-refractivity contribution >= 4 is 15.9 Å². The summed E-state index contributed by atoms with van der Waals surface area (Å²) < 4.78 is 42.1. The van der Waals surface area contributed by atoms with Crippen LogP contribution in [0.1, 0.15) is 6.42 Å². The van der Waals surface area contributed by atoms with Crippen molar-refractivity contribution in [2.75, 3.05) is 26.0 Å². The van der Waals surface area contributed by atoms with E-state index in [2.05, 4.69) is 10.0 Å². The molecule has 0 bridgehead atoms. The number of sulfonamides is 1. The lowest BCUT2D eigenvalue weighted by Gasteiger charge is -2.08. The zero-order chi connectivity index (χ0) is 15.0. The van der Waals surface area contributed by atoms with Crippen molar-refractivity contribution in [3.8, 4) is 5.75 Å². The molecule has 20 heavy (non-hydrogen) atoms. The number of hydrogen-bond acceptors (Lipinski definition) is 4. The number of rotatable bonds is 8. The molecule has 0 heterocycles. The molecule has 1 rings (SSSR count). The maximum Gasteiger partial charge on any atom is 0.221 e. The van der Waals surface area contributed by atoms with E-state index in [1.165, 1.54) is 12.1 Å². The van der Waals surface area contributed by atoms with Crippen molar-refractivity contribution in [1.82, 2.24) is 10.0 Å². The number of hydrogen-bond donors (Lipinski definition) is 2. The topological polar surface area (TPSA) is 84.5 Å². The van der Waals surface area contributed by atoms with Crippen LogP contribution in [0.4, 0.5) is 4.39 Å². The lowest BCUT2D eigenvalue weighted by Crippen LogP contribution is -2.32. The standard InChI is InChI=1S/C12H17FN2O4S/c1-20(17,18)15-7-6-12(16)14-8-9-19-11-5-3-2-4-10(11)13/h2-5,15H,6-9H2,1H3,(H,14,16). The van der Waals surface area contributed by atoms with Gasteiger partial charge in [-0.3, -0.25) is 4.79 Å². The molecule has 2 N–H and O–H groups in total. The Bertz CT molecular complexity index is 548. The van der Waals surface area contributed by atoms with Crippen molar-refractivity contribution in [1.29, 1.82) is 0 Å². The second-order valence-electron chi connectivity index (χ2n) is 4.05. The van der Waals surface area contributed by atoms with Gasteiger partial charge >= 0.3 is 0 Å². The number of carbonyl (C=O) groups excluding carboxylic acids is 1. The predicted molar refractivity (Wildman–Crippen MR) is 72.4 cm³/mol. The van der Waals surface area contributed by atoms with Gasteiger partial charge in [-0.2, -0.15) is 0 Å². The second kappa shape index (κ2) is 7.81. The van der Waals surface area contributed by atoms with Gasteiger partial charge in [-0.05, 0) is 12.1 Å². The van der Waals surface area contributed by atoms with Crippen LogP contribution in [0, 0.1) is 5.82 Å². The van der Waals surface area contributed by atoms with E-state index >= 15 is 0 Å². The van der Waals surface area contributed by atoms with Crippen molar-refractivity contribution in [3.63, 3.8) is 0 Å². The summed E-state index contributed by atoms with van der Waals surface area (Å²) in [7, 11) is -3.28. The Morgan fingerprint density at radius 2 is 2.00 bits per heavy atom. The van der Waals surface area contributed by atoms with Crippen LogP contribution in [-0.4, -0.2) is 40.3 Å². The second-order valence-corrected chi connectivity index (χ2v) is 5.88. The molecule has 0 atom stereocenters. The van der Waals surface area contributed by atoms with E-state index in [1.807, 2.05) is 0 Å². The molecular formula is C12H17FN2O4S. The summed E-state index contributed by atoms with van der Waals surface area (Å²) in [4.78, 5) is 11.3. The monoisotopic (exact) mass is 304 g/mol. The summed E-state index contributed by atoms with van der Waals surface area (Å²) in [6, 6.07) is 5.98. The quantitative estimate of drug-likeness (QED) is 0.675. The normalized spacial score (nSPS) is 11.1. The van der Waals surface area contributed by atoms with E-state index in [0.717, 1.165) is 6.26 Å². The van der Waals surface area contributed by atoms with Crippen LogP contribution in [0.5, 0.6) is 5.75 Å². The van der Waals surface area contributed by atoms with E-state index in [1.54, 1.807) is 12.1 Å². The molecule has 0 unspecified atom stereocenters. The molecule has 0 saturated heterocycles. The molecule has 6 nitrogen and oxygen atoms in total. The maximum absolute atomic E-state index is 13.2. The molecule has 0 saturated carbocycles. The fourth-order valence-electron chi connectivity index (χ4n) is 1.35. The number of amides is 1. The highest BCUT2D eigenvalue weighted by atomic mass is 32.2. The molecule has 0 radical (unpaired) electrons. The Balaban J connectivity index is 2.15. The Labute approximate surface area is 117 Å². The number of ether oxygens (including phenoxy) is 1. The van der Waals surface area contributed by atoms with Crippen molar-refractivity contribution in [3.05, 3.63) is 30.1 Å². The first-order valence-corrected chi connectivity index (χ1v) is 7.86. The minimum Gasteiger partial charge on any atom is -0.489 e. The molecular weight excluding hydrogens is 287 g/mol. The Morgan fingerprint density at radius 1 is 1.30 bits per heavy atom. The van der Waals surface area contributed by atoms with Gasteiger partial charge in [0.1, 0.15) is 6.61 Å². The van der Waals surface area contributed by atoms with Crippen molar-refractivity contribution in [2.24, 2.45) is 0 Å². The minimum atomic E-state index is -3.28. The van der Waals surface area contributed by atoms with Crippen LogP contribution in [0.25, 0.3) is 0 Å². The van der Waals surface area contributed by atoms with E-state index < -0.39 is 15.8 Å². The highest BCUT2D eigenvalue weighted by Gasteiger charge is 2.05. The van der Waals surface area contributed by atoms with Gasteiger partial charge in [0.2, 0.25) is 15.9 Å².